The number of pyridine rings is 1. The lowest BCUT2D eigenvalue weighted by molar-refractivity contribution is 0.131. The van der Waals surface area contributed by atoms with Crippen molar-refractivity contribution in [1.29, 1.82) is 5.41 Å². The first kappa shape index (κ1) is 23.8. The fourth-order valence-electron chi connectivity index (χ4n) is 3.74. The molecule has 3 N–H and O–H groups in total. The summed E-state index contributed by atoms with van der Waals surface area (Å²) in [5.74, 6) is 0.952. The van der Waals surface area contributed by atoms with E-state index in [2.05, 4.69) is 35.0 Å². The zero-order chi connectivity index (χ0) is 19.6. The van der Waals surface area contributed by atoms with Crippen molar-refractivity contribution in [3.8, 4) is 5.75 Å². The van der Waals surface area contributed by atoms with E-state index < -0.39 is 0 Å². The van der Waals surface area contributed by atoms with E-state index in [1.165, 1.54) is 5.69 Å². The maximum atomic E-state index is 7.62. The summed E-state index contributed by atoms with van der Waals surface area (Å²) < 4.78 is 6.18. The number of ether oxygens (including phenoxy) is 1. The minimum atomic E-state index is 0. The third-order valence-electron chi connectivity index (χ3n) is 5.71. The maximum Gasteiger partial charge on any atom is 0.122 e. The molecule has 1 saturated heterocycles. The van der Waals surface area contributed by atoms with Gasteiger partial charge in [-0.2, -0.15) is 0 Å². The smallest absolute Gasteiger partial charge is 0.122 e. The molecule has 2 aromatic carbocycles. The standard InChI is InChI=1S/C23H26N4O.2ClH/c1-23(8-12-27(13-9-23)20-6-10-26-11-7-20)16-28-21-5-4-17-2-3-18(22(24)25)14-19(17)15-21;;/h2-7,10-11,14-15H,8-9,12-13,16H2,1H3,(H3,24,25);2*1H. The Labute approximate surface area is 190 Å². The van der Waals surface area contributed by atoms with Crippen LogP contribution in [0.2, 0.25) is 0 Å². The van der Waals surface area contributed by atoms with Crippen LogP contribution in [0.1, 0.15) is 25.3 Å². The van der Waals surface area contributed by atoms with Crippen LogP contribution in [-0.2, 0) is 0 Å². The lowest BCUT2D eigenvalue weighted by atomic mass is 9.81. The highest BCUT2D eigenvalue weighted by Crippen LogP contribution is 2.34. The molecule has 0 atom stereocenters. The van der Waals surface area contributed by atoms with Gasteiger partial charge in [0.15, 0.2) is 0 Å². The van der Waals surface area contributed by atoms with Crippen molar-refractivity contribution in [3.63, 3.8) is 0 Å². The zero-order valence-electron chi connectivity index (χ0n) is 17.0. The Morgan fingerprint density at radius 1 is 1.03 bits per heavy atom. The molecule has 30 heavy (non-hydrogen) atoms. The Bertz CT molecular complexity index is 989. The predicted molar refractivity (Wildman–Crippen MR) is 129 cm³/mol. The van der Waals surface area contributed by atoms with Crippen LogP contribution < -0.4 is 15.4 Å². The normalized spacial score (nSPS) is 15.0. The Kier molecular flexibility index (Phi) is 7.93. The third-order valence-corrected chi connectivity index (χ3v) is 5.71. The second kappa shape index (κ2) is 10.0. The van der Waals surface area contributed by atoms with Crippen LogP contribution in [0, 0.1) is 10.8 Å². The monoisotopic (exact) mass is 446 g/mol. The summed E-state index contributed by atoms with van der Waals surface area (Å²) in [6, 6.07) is 16.1. The molecule has 0 aliphatic carbocycles. The number of nitrogens with two attached hydrogens (primary N) is 1. The summed E-state index contributed by atoms with van der Waals surface area (Å²) in [6.45, 7) is 5.08. The van der Waals surface area contributed by atoms with Gasteiger partial charge < -0.3 is 15.4 Å². The number of aromatic nitrogens is 1. The molecule has 3 aromatic rings. The largest absolute Gasteiger partial charge is 0.493 e. The van der Waals surface area contributed by atoms with E-state index in [0.717, 1.165) is 48.0 Å². The van der Waals surface area contributed by atoms with Gasteiger partial charge >= 0.3 is 0 Å². The van der Waals surface area contributed by atoms with Gasteiger partial charge in [-0.3, -0.25) is 10.4 Å². The second-order valence-corrected chi connectivity index (χ2v) is 7.93. The lowest BCUT2D eigenvalue weighted by Gasteiger charge is -2.40. The van der Waals surface area contributed by atoms with Crippen molar-refractivity contribution in [3.05, 3.63) is 66.5 Å². The number of amidine groups is 1. The van der Waals surface area contributed by atoms with Crippen LogP contribution in [0.25, 0.3) is 10.8 Å². The summed E-state index contributed by atoms with van der Waals surface area (Å²) in [7, 11) is 0. The lowest BCUT2D eigenvalue weighted by Crippen LogP contribution is -2.41. The molecule has 1 fully saturated rings. The van der Waals surface area contributed by atoms with E-state index in [1.54, 1.807) is 0 Å². The van der Waals surface area contributed by atoms with Crippen molar-refractivity contribution in [1.82, 2.24) is 4.98 Å². The highest BCUT2D eigenvalue weighted by Gasteiger charge is 2.31. The molecule has 0 radical (unpaired) electrons. The number of nitrogens with zero attached hydrogens (tertiary/aromatic N) is 2. The maximum absolute atomic E-state index is 7.62. The van der Waals surface area contributed by atoms with Crippen LogP contribution in [0.5, 0.6) is 5.75 Å². The number of nitrogen functional groups attached to an aromatic ring is 1. The van der Waals surface area contributed by atoms with Crippen molar-refractivity contribution >= 4 is 47.1 Å². The minimum Gasteiger partial charge on any atom is -0.493 e. The van der Waals surface area contributed by atoms with Gasteiger partial charge in [0.2, 0.25) is 0 Å². The molecule has 0 saturated carbocycles. The molecule has 0 spiro atoms. The molecule has 0 amide bonds. The van der Waals surface area contributed by atoms with Crippen molar-refractivity contribution in [2.24, 2.45) is 11.1 Å². The van der Waals surface area contributed by atoms with Crippen LogP contribution in [0.4, 0.5) is 5.69 Å². The van der Waals surface area contributed by atoms with Gasteiger partial charge in [0, 0.05) is 42.1 Å². The zero-order valence-corrected chi connectivity index (χ0v) is 18.6. The van der Waals surface area contributed by atoms with Gasteiger partial charge in [-0.15, -0.1) is 24.8 Å². The van der Waals surface area contributed by atoms with Crippen molar-refractivity contribution in [2.45, 2.75) is 19.8 Å². The molecular weight excluding hydrogens is 419 g/mol. The Morgan fingerprint density at radius 2 is 1.70 bits per heavy atom. The highest BCUT2D eigenvalue weighted by molar-refractivity contribution is 5.99. The molecule has 0 bridgehead atoms. The molecule has 5 nitrogen and oxygen atoms in total. The molecular formula is C23H28Cl2N4O. The number of fused-ring (bicyclic) bond motifs is 1. The molecule has 7 heteroatoms. The number of rotatable bonds is 5. The van der Waals surface area contributed by atoms with Gasteiger partial charge in [0.05, 0.1) is 6.61 Å². The highest BCUT2D eigenvalue weighted by atomic mass is 35.5. The summed E-state index contributed by atoms with van der Waals surface area (Å²) >= 11 is 0. The number of nitrogens with one attached hydrogen (secondary N) is 1. The predicted octanol–water partition coefficient (Wildman–Crippen LogP) is 5.05. The van der Waals surface area contributed by atoms with Gasteiger partial charge in [0.1, 0.15) is 11.6 Å². The van der Waals surface area contributed by atoms with Crippen LogP contribution in [0.3, 0.4) is 0 Å². The van der Waals surface area contributed by atoms with Gasteiger partial charge in [-0.25, -0.2) is 0 Å². The molecule has 160 valence electrons. The number of hydrogen-bond donors (Lipinski definition) is 2. The quantitative estimate of drug-likeness (QED) is 0.424. The van der Waals surface area contributed by atoms with E-state index in [9.17, 15) is 0 Å². The summed E-state index contributed by atoms with van der Waals surface area (Å²) in [5.41, 5.74) is 7.76. The molecule has 2 heterocycles. The number of hydrogen-bond acceptors (Lipinski definition) is 4. The van der Waals surface area contributed by atoms with Gasteiger partial charge in [-0.1, -0.05) is 25.1 Å². The summed E-state index contributed by atoms with van der Waals surface area (Å²) in [4.78, 5) is 6.52. The van der Waals surface area contributed by atoms with Gasteiger partial charge in [-0.05, 0) is 53.9 Å². The average molecular weight is 447 g/mol. The number of halogens is 2. The van der Waals surface area contributed by atoms with Gasteiger partial charge in [0.25, 0.3) is 0 Å². The first-order valence-electron chi connectivity index (χ1n) is 9.68. The topological polar surface area (TPSA) is 75.2 Å². The Morgan fingerprint density at radius 3 is 2.37 bits per heavy atom. The molecule has 4 rings (SSSR count). The molecule has 1 aromatic heterocycles. The van der Waals surface area contributed by atoms with E-state index in [0.29, 0.717) is 6.61 Å². The first-order valence-corrected chi connectivity index (χ1v) is 9.68. The second-order valence-electron chi connectivity index (χ2n) is 7.93. The fourth-order valence-corrected chi connectivity index (χ4v) is 3.74. The molecule has 1 aliphatic heterocycles. The third kappa shape index (κ3) is 5.35. The Hall–Kier alpha value is -2.50. The van der Waals surface area contributed by atoms with Crippen LogP contribution in [-0.4, -0.2) is 30.5 Å². The summed E-state index contributed by atoms with van der Waals surface area (Å²) in [6.07, 6.45) is 5.89. The summed E-state index contributed by atoms with van der Waals surface area (Å²) in [5, 5.41) is 9.79. The SMILES string of the molecule is CC1(COc2ccc3ccc(C(=N)N)cc3c2)CCN(c2ccncc2)CC1.Cl.Cl. The fraction of sp³-hybridized carbons (Fsp3) is 0.304. The van der Waals surface area contributed by atoms with Crippen molar-refractivity contribution < 1.29 is 4.74 Å². The van der Waals surface area contributed by atoms with Crippen LogP contribution >= 0.6 is 24.8 Å². The molecule has 0 unspecified atom stereocenters. The number of piperidine rings is 1. The van der Waals surface area contributed by atoms with E-state index in [1.807, 2.05) is 42.7 Å². The Balaban J connectivity index is 0.00000160. The number of benzene rings is 2. The van der Waals surface area contributed by atoms with E-state index >= 15 is 0 Å². The first-order chi connectivity index (χ1) is 13.5. The van der Waals surface area contributed by atoms with Crippen LogP contribution in [0.15, 0.2) is 60.9 Å². The minimum absolute atomic E-state index is 0. The van der Waals surface area contributed by atoms with E-state index in [4.69, 9.17) is 15.9 Å². The molecule has 1 aliphatic rings. The van der Waals surface area contributed by atoms with E-state index in [-0.39, 0.29) is 36.1 Å². The van der Waals surface area contributed by atoms with Crippen molar-refractivity contribution in [2.75, 3.05) is 24.6 Å². The number of anilines is 1. The average Bonchev–Trinajstić information content (AvgIpc) is 2.73.